The first kappa shape index (κ1) is 8.12. The highest BCUT2D eigenvalue weighted by Gasteiger charge is 2.29. The van der Waals surface area contributed by atoms with Gasteiger partial charge in [-0.15, -0.1) is 0 Å². The molecule has 0 aromatic rings. The van der Waals surface area contributed by atoms with Gasteiger partial charge in [0.2, 0.25) is 0 Å². The van der Waals surface area contributed by atoms with Gasteiger partial charge in [-0.1, -0.05) is 8.58 Å². The summed E-state index contributed by atoms with van der Waals surface area (Å²) in [5, 5.41) is 12.2. The van der Waals surface area contributed by atoms with Gasteiger partial charge >= 0.3 is 0 Å². The lowest BCUT2D eigenvalue weighted by Gasteiger charge is -2.10. The van der Waals surface area contributed by atoms with Crippen molar-refractivity contribution < 1.29 is 9.90 Å². The van der Waals surface area contributed by atoms with Crippen molar-refractivity contribution in [3.8, 4) is 0 Å². The van der Waals surface area contributed by atoms with Crippen molar-refractivity contribution in [2.24, 2.45) is 0 Å². The minimum atomic E-state index is -0.444. The molecule has 0 bridgehead atoms. The molecular formula is C6H12NO2P. The molecule has 0 aliphatic carbocycles. The number of hydrogen-bond donors (Lipinski definition) is 2. The van der Waals surface area contributed by atoms with E-state index < -0.39 is 6.10 Å². The SMILES string of the molecule is CPC(=O)C1NCCC1O. The van der Waals surface area contributed by atoms with E-state index in [2.05, 4.69) is 5.32 Å². The lowest BCUT2D eigenvalue weighted by Crippen LogP contribution is -2.36. The fourth-order valence-corrected chi connectivity index (χ4v) is 1.72. The molecule has 0 radical (unpaired) electrons. The Hall–Kier alpha value is 0.0200. The first-order chi connectivity index (χ1) is 4.75. The standard InChI is InChI=1S/C6H12NO2P/c1-10-6(9)5-4(8)2-3-7-5/h4-5,7-8,10H,2-3H2,1H3. The number of aliphatic hydroxyl groups excluding tert-OH is 1. The Kier molecular flexibility index (Phi) is 2.78. The molecule has 3 nitrogen and oxygen atoms in total. The quantitative estimate of drug-likeness (QED) is 0.539. The van der Waals surface area contributed by atoms with Crippen LogP contribution < -0.4 is 5.32 Å². The molecule has 0 aromatic carbocycles. The van der Waals surface area contributed by atoms with Crippen molar-refractivity contribution in [2.75, 3.05) is 13.2 Å². The molecule has 0 saturated carbocycles. The van der Waals surface area contributed by atoms with E-state index in [-0.39, 0.29) is 11.6 Å². The maximum Gasteiger partial charge on any atom is 0.170 e. The number of aliphatic hydroxyl groups is 1. The Balaban J connectivity index is 2.46. The highest BCUT2D eigenvalue weighted by atomic mass is 31.1. The van der Waals surface area contributed by atoms with Crippen molar-refractivity contribution >= 4 is 14.1 Å². The molecule has 4 heteroatoms. The van der Waals surface area contributed by atoms with Gasteiger partial charge in [-0.05, 0) is 19.6 Å². The predicted molar refractivity (Wildman–Crippen MR) is 41.7 cm³/mol. The van der Waals surface area contributed by atoms with Crippen LogP contribution in [0.25, 0.3) is 0 Å². The third kappa shape index (κ3) is 1.54. The van der Waals surface area contributed by atoms with Crippen molar-refractivity contribution in [1.29, 1.82) is 0 Å². The van der Waals surface area contributed by atoms with Gasteiger partial charge in [-0.25, -0.2) is 0 Å². The van der Waals surface area contributed by atoms with Gasteiger partial charge in [0.05, 0.1) is 12.1 Å². The van der Waals surface area contributed by atoms with Crippen LogP contribution in [-0.4, -0.2) is 36.0 Å². The summed E-state index contributed by atoms with van der Waals surface area (Å²) >= 11 is 0. The second-order valence-corrected chi connectivity index (χ2v) is 3.39. The summed E-state index contributed by atoms with van der Waals surface area (Å²) in [6.07, 6.45) is 0.265. The van der Waals surface area contributed by atoms with Crippen LogP contribution in [-0.2, 0) is 4.79 Å². The number of nitrogens with one attached hydrogen (secondary N) is 1. The van der Waals surface area contributed by atoms with E-state index in [4.69, 9.17) is 0 Å². The highest BCUT2D eigenvalue weighted by Crippen LogP contribution is 2.15. The molecule has 1 aliphatic rings. The Labute approximate surface area is 62.0 Å². The second-order valence-electron chi connectivity index (χ2n) is 2.40. The van der Waals surface area contributed by atoms with Gasteiger partial charge in [0.15, 0.2) is 5.52 Å². The third-order valence-electron chi connectivity index (χ3n) is 1.72. The van der Waals surface area contributed by atoms with Crippen molar-refractivity contribution in [2.45, 2.75) is 18.6 Å². The monoisotopic (exact) mass is 161 g/mol. The maximum atomic E-state index is 11.0. The summed E-state index contributed by atoms with van der Waals surface area (Å²) in [4.78, 5) is 11.0. The van der Waals surface area contributed by atoms with Crippen LogP contribution in [0, 0.1) is 0 Å². The normalized spacial score (nSPS) is 33.8. The van der Waals surface area contributed by atoms with E-state index in [9.17, 15) is 9.90 Å². The van der Waals surface area contributed by atoms with E-state index in [0.29, 0.717) is 15.0 Å². The first-order valence-corrected chi connectivity index (χ1v) is 4.88. The lowest BCUT2D eigenvalue weighted by molar-refractivity contribution is -0.114. The molecule has 0 spiro atoms. The molecule has 1 fully saturated rings. The van der Waals surface area contributed by atoms with Crippen LogP contribution >= 0.6 is 8.58 Å². The Bertz CT molecular complexity index is 140. The van der Waals surface area contributed by atoms with E-state index in [1.54, 1.807) is 0 Å². The second kappa shape index (κ2) is 3.42. The Morgan fingerprint density at radius 1 is 1.80 bits per heavy atom. The molecule has 0 amide bonds. The van der Waals surface area contributed by atoms with Crippen LogP contribution in [0.1, 0.15) is 6.42 Å². The highest BCUT2D eigenvalue weighted by molar-refractivity contribution is 7.57. The van der Waals surface area contributed by atoms with Crippen molar-refractivity contribution in [3.63, 3.8) is 0 Å². The summed E-state index contributed by atoms with van der Waals surface area (Å²) in [5.41, 5.74) is 0.144. The van der Waals surface area contributed by atoms with Gasteiger partial charge in [0.1, 0.15) is 0 Å². The third-order valence-corrected chi connectivity index (χ3v) is 2.52. The Morgan fingerprint density at radius 2 is 2.50 bits per heavy atom. The first-order valence-electron chi connectivity index (χ1n) is 3.38. The summed E-state index contributed by atoms with van der Waals surface area (Å²) in [6, 6.07) is -0.275. The van der Waals surface area contributed by atoms with E-state index >= 15 is 0 Å². The zero-order valence-electron chi connectivity index (χ0n) is 5.92. The summed E-state index contributed by atoms with van der Waals surface area (Å²) in [5.74, 6) is 0. The Morgan fingerprint density at radius 3 is 2.90 bits per heavy atom. The number of carbonyl (C=O) groups is 1. The summed E-state index contributed by atoms with van der Waals surface area (Å²) < 4.78 is 0. The predicted octanol–water partition coefficient (Wildman–Crippen LogP) is -0.456. The fourth-order valence-electron chi connectivity index (χ4n) is 1.11. The zero-order valence-corrected chi connectivity index (χ0v) is 6.92. The van der Waals surface area contributed by atoms with Crippen LogP contribution in [0.4, 0.5) is 0 Å². The van der Waals surface area contributed by atoms with Gasteiger partial charge < -0.3 is 10.4 Å². The molecule has 10 heavy (non-hydrogen) atoms. The molecule has 2 N–H and O–H groups in total. The van der Waals surface area contributed by atoms with Gasteiger partial charge in [-0.2, -0.15) is 0 Å². The van der Waals surface area contributed by atoms with Gasteiger partial charge in [-0.3, -0.25) is 4.79 Å². The minimum Gasteiger partial charge on any atom is -0.391 e. The average Bonchev–Trinajstić information content (AvgIpc) is 2.34. The fraction of sp³-hybridized carbons (Fsp3) is 0.833. The molecular weight excluding hydrogens is 149 g/mol. The van der Waals surface area contributed by atoms with Gasteiger partial charge in [0.25, 0.3) is 0 Å². The minimum absolute atomic E-state index is 0.144. The molecule has 3 atom stereocenters. The smallest absolute Gasteiger partial charge is 0.170 e. The number of carbonyl (C=O) groups excluding carboxylic acids is 1. The van der Waals surface area contributed by atoms with Gasteiger partial charge in [0, 0.05) is 0 Å². The van der Waals surface area contributed by atoms with Crippen LogP contribution in [0.3, 0.4) is 0 Å². The van der Waals surface area contributed by atoms with E-state index in [1.807, 2.05) is 6.66 Å². The molecule has 0 aromatic heterocycles. The zero-order chi connectivity index (χ0) is 7.56. The molecule has 1 rings (SSSR count). The average molecular weight is 161 g/mol. The molecule has 1 heterocycles. The topological polar surface area (TPSA) is 49.3 Å². The maximum absolute atomic E-state index is 11.0. The van der Waals surface area contributed by atoms with Crippen LogP contribution in [0.2, 0.25) is 0 Å². The molecule has 3 unspecified atom stereocenters. The largest absolute Gasteiger partial charge is 0.391 e. The van der Waals surface area contributed by atoms with Crippen LogP contribution in [0.15, 0.2) is 0 Å². The summed E-state index contributed by atoms with van der Waals surface area (Å²) in [7, 11) is 0.290. The number of rotatable bonds is 2. The molecule has 58 valence electrons. The summed E-state index contributed by atoms with van der Waals surface area (Å²) in [6.45, 7) is 2.61. The van der Waals surface area contributed by atoms with Crippen LogP contribution in [0.5, 0.6) is 0 Å². The van der Waals surface area contributed by atoms with Crippen molar-refractivity contribution in [1.82, 2.24) is 5.32 Å². The van der Waals surface area contributed by atoms with E-state index in [0.717, 1.165) is 6.54 Å². The molecule has 1 aliphatic heterocycles. The van der Waals surface area contributed by atoms with E-state index in [1.165, 1.54) is 0 Å². The molecule has 1 saturated heterocycles. The van der Waals surface area contributed by atoms with Crippen molar-refractivity contribution in [3.05, 3.63) is 0 Å². The lowest BCUT2D eigenvalue weighted by atomic mass is 10.2. The number of hydrogen-bond acceptors (Lipinski definition) is 3.